The van der Waals surface area contributed by atoms with E-state index >= 15 is 0 Å². The third-order valence-corrected chi connectivity index (χ3v) is 6.89. The van der Waals surface area contributed by atoms with Gasteiger partial charge in [-0.3, -0.25) is 4.79 Å². The normalized spacial score (nSPS) is 20.2. The molecule has 2 rings (SSSR count). The van der Waals surface area contributed by atoms with Gasteiger partial charge in [-0.1, -0.05) is 6.92 Å². The quantitative estimate of drug-likeness (QED) is 0.721. The Kier molecular flexibility index (Phi) is 6.04. The van der Waals surface area contributed by atoms with Crippen LogP contribution in [0.2, 0.25) is 0 Å². The molecule has 0 unspecified atom stereocenters. The fourth-order valence-electron chi connectivity index (χ4n) is 2.91. The van der Waals surface area contributed by atoms with Crippen molar-refractivity contribution >= 4 is 38.2 Å². The second-order valence-electron chi connectivity index (χ2n) is 6.20. The van der Waals surface area contributed by atoms with E-state index in [4.69, 9.17) is 10.5 Å². The van der Waals surface area contributed by atoms with Gasteiger partial charge in [0.05, 0.1) is 17.2 Å². The minimum absolute atomic E-state index is 0.0441. The zero-order valence-corrected chi connectivity index (χ0v) is 16.2. The van der Waals surface area contributed by atoms with Gasteiger partial charge in [-0.25, -0.2) is 13.2 Å². The Labute approximate surface area is 151 Å². The summed E-state index contributed by atoms with van der Waals surface area (Å²) >= 11 is 0.993. The Morgan fingerprint density at radius 3 is 2.64 bits per heavy atom. The molecule has 0 aromatic carbocycles. The molecule has 1 aromatic rings. The van der Waals surface area contributed by atoms with Gasteiger partial charge in [0.2, 0.25) is 0 Å². The van der Waals surface area contributed by atoms with E-state index in [1.165, 1.54) is 0 Å². The van der Waals surface area contributed by atoms with Crippen LogP contribution in [-0.2, 0) is 19.4 Å². The second kappa shape index (κ2) is 7.69. The van der Waals surface area contributed by atoms with Gasteiger partial charge in [0.25, 0.3) is 5.91 Å². The minimum atomic E-state index is -3.12. The number of hydrogen-bond donors (Lipinski definition) is 1. The molecule has 0 radical (unpaired) electrons. The predicted octanol–water partition coefficient (Wildman–Crippen LogP) is 1.00. The van der Waals surface area contributed by atoms with Crippen molar-refractivity contribution < 1.29 is 22.7 Å². The number of aromatic nitrogens is 1. The number of carbonyl (C=O) groups is 2. The molecule has 1 aromatic heterocycles. The standard InChI is InChI=1S/C15H23N3O5S2/c1-4-9(2)18(11-5-6-25(21,22)8-11)12(19)7-23-15(20)13-10(3)17-24-14(13)16/h9,11H,4-8,16H2,1-3H3/t9-,11-/m1/s1. The third kappa shape index (κ3) is 4.49. The second-order valence-corrected chi connectivity index (χ2v) is 9.23. The number of esters is 1. The molecule has 2 N–H and O–H groups in total. The van der Waals surface area contributed by atoms with Gasteiger partial charge in [0, 0.05) is 12.1 Å². The Morgan fingerprint density at radius 1 is 1.48 bits per heavy atom. The van der Waals surface area contributed by atoms with Gasteiger partial charge in [0.15, 0.2) is 16.4 Å². The van der Waals surface area contributed by atoms with Crippen molar-refractivity contribution in [1.29, 1.82) is 0 Å². The lowest BCUT2D eigenvalue weighted by molar-refractivity contribution is -0.138. The number of aryl methyl sites for hydroxylation is 1. The van der Waals surface area contributed by atoms with Crippen LogP contribution >= 0.6 is 11.5 Å². The maximum Gasteiger partial charge on any atom is 0.343 e. The highest BCUT2D eigenvalue weighted by Crippen LogP contribution is 2.23. The summed E-state index contributed by atoms with van der Waals surface area (Å²) in [4.78, 5) is 26.3. The third-order valence-electron chi connectivity index (χ3n) is 4.38. The summed E-state index contributed by atoms with van der Waals surface area (Å²) in [7, 11) is -3.12. The van der Waals surface area contributed by atoms with Crippen molar-refractivity contribution in [2.24, 2.45) is 0 Å². The smallest absolute Gasteiger partial charge is 0.343 e. The van der Waals surface area contributed by atoms with Crippen LogP contribution in [0.1, 0.15) is 42.7 Å². The number of nitrogen functional groups attached to an aromatic ring is 1. The summed E-state index contributed by atoms with van der Waals surface area (Å²) in [6, 6.07) is -0.514. The SMILES string of the molecule is CC[C@@H](C)N(C(=O)COC(=O)c1c(C)nsc1N)[C@@H]1CCS(=O)(=O)C1. The van der Waals surface area contributed by atoms with Gasteiger partial charge < -0.3 is 15.4 Å². The highest BCUT2D eigenvalue weighted by atomic mass is 32.2. The van der Waals surface area contributed by atoms with Crippen LogP contribution in [0.3, 0.4) is 0 Å². The van der Waals surface area contributed by atoms with Crippen molar-refractivity contribution in [3.63, 3.8) is 0 Å². The van der Waals surface area contributed by atoms with Crippen molar-refractivity contribution in [3.8, 4) is 0 Å². The van der Waals surface area contributed by atoms with Gasteiger partial charge in [-0.2, -0.15) is 4.37 Å². The van der Waals surface area contributed by atoms with Crippen LogP contribution in [0, 0.1) is 6.92 Å². The molecule has 1 aliphatic heterocycles. The molecule has 0 aliphatic carbocycles. The van der Waals surface area contributed by atoms with Crippen LogP contribution in [-0.4, -0.2) is 59.8 Å². The number of anilines is 1. The molecule has 10 heteroatoms. The molecule has 25 heavy (non-hydrogen) atoms. The molecular formula is C15H23N3O5S2. The van der Waals surface area contributed by atoms with E-state index < -0.39 is 28.3 Å². The van der Waals surface area contributed by atoms with Crippen LogP contribution < -0.4 is 5.73 Å². The Bertz CT molecular complexity index is 740. The van der Waals surface area contributed by atoms with E-state index in [1.807, 2.05) is 13.8 Å². The fourth-order valence-corrected chi connectivity index (χ4v) is 5.27. The number of amides is 1. The Morgan fingerprint density at radius 2 is 2.16 bits per heavy atom. The van der Waals surface area contributed by atoms with Crippen molar-refractivity contribution in [1.82, 2.24) is 9.27 Å². The molecule has 2 atom stereocenters. The summed E-state index contributed by atoms with van der Waals surface area (Å²) in [6.45, 7) is 4.96. The first kappa shape index (κ1) is 19.6. The minimum Gasteiger partial charge on any atom is -0.452 e. The fraction of sp³-hybridized carbons (Fsp3) is 0.667. The number of hydrogen-bond acceptors (Lipinski definition) is 8. The van der Waals surface area contributed by atoms with Crippen molar-refractivity contribution in [2.75, 3.05) is 23.8 Å². The number of rotatable bonds is 6. The highest BCUT2D eigenvalue weighted by molar-refractivity contribution is 7.91. The van der Waals surface area contributed by atoms with E-state index in [-0.39, 0.29) is 34.2 Å². The monoisotopic (exact) mass is 389 g/mol. The Balaban J connectivity index is 2.06. The van der Waals surface area contributed by atoms with E-state index in [1.54, 1.807) is 11.8 Å². The molecule has 0 bridgehead atoms. The zero-order chi connectivity index (χ0) is 18.8. The van der Waals surface area contributed by atoms with Crippen LogP contribution in [0.15, 0.2) is 0 Å². The molecule has 140 valence electrons. The molecule has 0 saturated carbocycles. The maximum absolute atomic E-state index is 12.6. The van der Waals surface area contributed by atoms with Gasteiger partial charge >= 0.3 is 5.97 Å². The highest BCUT2D eigenvalue weighted by Gasteiger charge is 2.36. The lowest BCUT2D eigenvalue weighted by Crippen LogP contribution is -2.48. The van der Waals surface area contributed by atoms with E-state index in [9.17, 15) is 18.0 Å². The molecule has 1 fully saturated rings. The topological polar surface area (TPSA) is 120 Å². The first-order chi connectivity index (χ1) is 11.7. The summed E-state index contributed by atoms with van der Waals surface area (Å²) in [5.41, 5.74) is 6.34. The average Bonchev–Trinajstić information content (AvgIpc) is 3.06. The summed E-state index contributed by atoms with van der Waals surface area (Å²) in [6.07, 6.45) is 1.09. The lowest BCUT2D eigenvalue weighted by atomic mass is 10.1. The number of ether oxygens (including phenoxy) is 1. The van der Waals surface area contributed by atoms with Crippen LogP contribution in [0.5, 0.6) is 0 Å². The number of sulfone groups is 1. The Hall–Kier alpha value is -1.68. The van der Waals surface area contributed by atoms with Crippen molar-refractivity contribution in [3.05, 3.63) is 11.3 Å². The molecule has 1 amide bonds. The predicted molar refractivity (Wildman–Crippen MR) is 95.2 cm³/mol. The first-order valence-corrected chi connectivity index (χ1v) is 10.7. The first-order valence-electron chi connectivity index (χ1n) is 8.06. The summed E-state index contributed by atoms with van der Waals surface area (Å²) in [5.74, 6) is -1.06. The van der Waals surface area contributed by atoms with Gasteiger partial charge in [-0.15, -0.1) is 0 Å². The molecule has 1 aliphatic rings. The maximum atomic E-state index is 12.6. The van der Waals surface area contributed by atoms with Gasteiger partial charge in [0.1, 0.15) is 10.6 Å². The van der Waals surface area contributed by atoms with E-state index in [0.29, 0.717) is 18.5 Å². The number of nitrogens with zero attached hydrogens (tertiary/aromatic N) is 2. The summed E-state index contributed by atoms with van der Waals surface area (Å²) in [5, 5.41) is 0.246. The summed E-state index contributed by atoms with van der Waals surface area (Å²) < 4.78 is 32.5. The number of nitrogens with two attached hydrogens (primary N) is 1. The molecule has 1 saturated heterocycles. The molecule has 8 nitrogen and oxygen atoms in total. The molecule has 2 heterocycles. The van der Waals surface area contributed by atoms with Crippen LogP contribution in [0.4, 0.5) is 5.00 Å². The van der Waals surface area contributed by atoms with E-state index in [0.717, 1.165) is 11.5 Å². The van der Waals surface area contributed by atoms with Gasteiger partial charge in [-0.05, 0) is 38.2 Å². The number of carbonyl (C=O) groups excluding carboxylic acids is 2. The van der Waals surface area contributed by atoms with E-state index in [2.05, 4.69) is 4.37 Å². The zero-order valence-electron chi connectivity index (χ0n) is 14.5. The largest absolute Gasteiger partial charge is 0.452 e. The van der Waals surface area contributed by atoms with Crippen LogP contribution in [0.25, 0.3) is 0 Å². The lowest BCUT2D eigenvalue weighted by Gasteiger charge is -2.33. The van der Waals surface area contributed by atoms with Crippen molar-refractivity contribution in [2.45, 2.75) is 45.7 Å². The average molecular weight is 389 g/mol. The molecule has 0 spiro atoms. The molecular weight excluding hydrogens is 366 g/mol.